The van der Waals surface area contributed by atoms with Gasteiger partial charge in [-0.1, -0.05) is 58.4 Å². The lowest BCUT2D eigenvalue weighted by molar-refractivity contribution is 0.0876. The van der Waals surface area contributed by atoms with Crippen molar-refractivity contribution < 1.29 is 0 Å². The van der Waals surface area contributed by atoms with Crippen LogP contribution >= 0.6 is 15.9 Å². The van der Waals surface area contributed by atoms with E-state index in [4.69, 9.17) is 0 Å². The molecule has 1 aromatic rings. The van der Waals surface area contributed by atoms with Crippen LogP contribution in [0.25, 0.3) is 0 Å². The molecule has 1 fully saturated rings. The molecule has 4 rings (SSSR count). The van der Waals surface area contributed by atoms with Crippen molar-refractivity contribution >= 4 is 15.9 Å². The van der Waals surface area contributed by atoms with Crippen molar-refractivity contribution in [3.05, 3.63) is 48.0 Å². The molecule has 3 unspecified atom stereocenters. The number of fused-ring (bicyclic) bond motifs is 2. The summed E-state index contributed by atoms with van der Waals surface area (Å²) in [6, 6.07) is 11.5. The van der Waals surface area contributed by atoms with Gasteiger partial charge < -0.3 is 0 Å². The van der Waals surface area contributed by atoms with Crippen molar-refractivity contribution in [1.29, 1.82) is 0 Å². The quantitative estimate of drug-likeness (QED) is 0.609. The van der Waals surface area contributed by atoms with Gasteiger partial charge in [-0.05, 0) is 23.8 Å². The zero-order chi connectivity index (χ0) is 11.7. The first-order valence-electron chi connectivity index (χ1n) is 6.39. The van der Waals surface area contributed by atoms with Crippen LogP contribution in [0.1, 0.15) is 12.0 Å². The number of hydrogen-bond donors (Lipinski definition) is 0. The van der Waals surface area contributed by atoms with Gasteiger partial charge in [-0.25, -0.2) is 0 Å². The van der Waals surface area contributed by atoms with Gasteiger partial charge in [-0.3, -0.25) is 4.90 Å². The van der Waals surface area contributed by atoms with Crippen LogP contribution in [-0.4, -0.2) is 22.8 Å². The third-order valence-electron chi connectivity index (χ3n) is 3.99. The van der Waals surface area contributed by atoms with Gasteiger partial charge in [0.15, 0.2) is 0 Å². The number of benzene rings is 1. The fraction of sp³-hybridized carbons (Fsp3) is 0.467. The molecule has 0 spiro atoms. The van der Waals surface area contributed by atoms with E-state index in [1.165, 1.54) is 18.5 Å². The SMILES string of the molecule is BrCC1CC2C=CC1N(Cc1ccccc1)C2. The van der Waals surface area contributed by atoms with Crippen LogP contribution in [0.2, 0.25) is 0 Å². The fourth-order valence-corrected chi connectivity index (χ4v) is 3.80. The molecule has 0 radical (unpaired) electrons. The Kier molecular flexibility index (Phi) is 3.34. The van der Waals surface area contributed by atoms with Gasteiger partial charge in [0.05, 0.1) is 0 Å². The number of halogens is 1. The minimum absolute atomic E-state index is 0.639. The van der Waals surface area contributed by atoms with E-state index >= 15 is 0 Å². The second-order valence-corrected chi connectivity index (χ2v) is 5.85. The average molecular weight is 292 g/mol. The number of rotatable bonds is 3. The van der Waals surface area contributed by atoms with Crippen LogP contribution in [0.3, 0.4) is 0 Å². The van der Waals surface area contributed by atoms with Crippen molar-refractivity contribution in [3.8, 4) is 0 Å². The van der Waals surface area contributed by atoms with E-state index < -0.39 is 0 Å². The lowest BCUT2D eigenvalue weighted by Gasteiger charge is -2.46. The summed E-state index contributed by atoms with van der Waals surface area (Å²) in [6.07, 6.45) is 6.20. The lowest BCUT2D eigenvalue weighted by Crippen LogP contribution is -2.50. The highest BCUT2D eigenvalue weighted by Crippen LogP contribution is 2.35. The standard InChI is InChI=1S/C15H18BrN/c16-9-14-8-13-6-7-15(14)17(11-13)10-12-4-2-1-3-5-12/h1-7,13-15H,8-11H2. The zero-order valence-corrected chi connectivity index (χ0v) is 11.5. The van der Waals surface area contributed by atoms with Crippen molar-refractivity contribution in [1.82, 2.24) is 4.90 Å². The zero-order valence-electron chi connectivity index (χ0n) is 9.93. The maximum absolute atomic E-state index is 3.67. The molecule has 0 N–H and O–H groups in total. The highest BCUT2D eigenvalue weighted by atomic mass is 79.9. The van der Waals surface area contributed by atoms with Gasteiger partial charge >= 0.3 is 0 Å². The normalized spacial score (nSPS) is 31.9. The third-order valence-corrected chi connectivity index (χ3v) is 4.82. The van der Waals surface area contributed by atoms with Gasteiger partial charge in [0, 0.05) is 24.5 Å². The van der Waals surface area contributed by atoms with Gasteiger partial charge in [0.25, 0.3) is 0 Å². The summed E-state index contributed by atoms with van der Waals surface area (Å²) in [6.45, 7) is 2.33. The van der Waals surface area contributed by atoms with E-state index in [1.54, 1.807) is 0 Å². The van der Waals surface area contributed by atoms with Crippen LogP contribution in [-0.2, 0) is 6.54 Å². The number of hydrogen-bond acceptors (Lipinski definition) is 1. The van der Waals surface area contributed by atoms with Crippen LogP contribution in [0, 0.1) is 11.8 Å². The number of piperidine rings is 1. The number of nitrogens with zero attached hydrogens (tertiary/aromatic N) is 1. The monoisotopic (exact) mass is 291 g/mol. The predicted molar refractivity (Wildman–Crippen MR) is 75.2 cm³/mol. The highest BCUT2D eigenvalue weighted by molar-refractivity contribution is 9.09. The molecular weight excluding hydrogens is 274 g/mol. The molecule has 3 aliphatic rings. The Balaban J connectivity index is 1.75. The Morgan fingerprint density at radius 2 is 2.00 bits per heavy atom. The minimum Gasteiger partial charge on any atom is -0.292 e. The molecule has 1 nitrogen and oxygen atoms in total. The van der Waals surface area contributed by atoms with Crippen molar-refractivity contribution in [2.45, 2.75) is 19.0 Å². The summed E-state index contributed by atoms with van der Waals surface area (Å²) in [5.74, 6) is 1.56. The van der Waals surface area contributed by atoms with Crippen LogP contribution in [0.4, 0.5) is 0 Å². The maximum Gasteiger partial charge on any atom is 0.0318 e. The smallest absolute Gasteiger partial charge is 0.0318 e. The Morgan fingerprint density at radius 3 is 2.71 bits per heavy atom. The topological polar surface area (TPSA) is 3.24 Å². The van der Waals surface area contributed by atoms with E-state index in [0.717, 1.165) is 23.7 Å². The molecule has 90 valence electrons. The molecule has 1 saturated heterocycles. The Morgan fingerprint density at radius 1 is 1.18 bits per heavy atom. The second kappa shape index (κ2) is 4.95. The first kappa shape index (κ1) is 11.5. The van der Waals surface area contributed by atoms with E-state index in [1.807, 2.05) is 0 Å². The fourth-order valence-electron chi connectivity index (χ4n) is 3.16. The molecule has 1 aromatic carbocycles. The first-order chi connectivity index (χ1) is 8.36. The third kappa shape index (κ3) is 2.34. The molecule has 0 amide bonds. The average Bonchev–Trinajstić information content (AvgIpc) is 2.40. The molecule has 1 aliphatic carbocycles. The van der Waals surface area contributed by atoms with E-state index in [0.29, 0.717) is 6.04 Å². The number of alkyl halides is 1. The molecule has 2 heteroatoms. The van der Waals surface area contributed by atoms with Gasteiger partial charge in [-0.2, -0.15) is 0 Å². The van der Waals surface area contributed by atoms with Crippen molar-refractivity contribution in [3.63, 3.8) is 0 Å². The minimum atomic E-state index is 0.639. The highest BCUT2D eigenvalue weighted by Gasteiger charge is 2.36. The molecule has 0 aromatic heterocycles. The maximum atomic E-state index is 3.67. The van der Waals surface area contributed by atoms with Gasteiger partial charge in [0.1, 0.15) is 0 Å². The van der Waals surface area contributed by atoms with Crippen molar-refractivity contribution in [2.24, 2.45) is 11.8 Å². The Bertz CT molecular complexity index is 401. The summed E-state index contributed by atoms with van der Waals surface area (Å²) in [5.41, 5.74) is 1.43. The summed E-state index contributed by atoms with van der Waals surface area (Å²) < 4.78 is 0. The summed E-state index contributed by atoms with van der Waals surface area (Å²) in [7, 11) is 0. The molecule has 0 saturated carbocycles. The van der Waals surface area contributed by atoms with E-state index in [2.05, 4.69) is 63.3 Å². The molecule has 2 aliphatic heterocycles. The summed E-state index contributed by atoms with van der Waals surface area (Å²) >= 11 is 3.67. The largest absolute Gasteiger partial charge is 0.292 e. The van der Waals surface area contributed by atoms with Crippen LogP contribution in [0.5, 0.6) is 0 Å². The van der Waals surface area contributed by atoms with Crippen LogP contribution < -0.4 is 0 Å². The first-order valence-corrected chi connectivity index (χ1v) is 7.51. The summed E-state index contributed by atoms with van der Waals surface area (Å²) in [5, 5.41) is 1.13. The summed E-state index contributed by atoms with van der Waals surface area (Å²) in [4.78, 5) is 2.63. The molecule has 2 bridgehead atoms. The molecular formula is C15H18BrN. The Hall–Kier alpha value is -0.600. The van der Waals surface area contributed by atoms with Crippen LogP contribution in [0.15, 0.2) is 42.5 Å². The molecule has 2 heterocycles. The molecule has 3 atom stereocenters. The second-order valence-electron chi connectivity index (χ2n) is 5.20. The predicted octanol–water partition coefficient (Wildman–Crippen LogP) is 3.46. The van der Waals surface area contributed by atoms with Crippen molar-refractivity contribution in [2.75, 3.05) is 11.9 Å². The van der Waals surface area contributed by atoms with E-state index in [-0.39, 0.29) is 0 Å². The van der Waals surface area contributed by atoms with E-state index in [9.17, 15) is 0 Å². The van der Waals surface area contributed by atoms with Gasteiger partial charge in [0.2, 0.25) is 0 Å². The Labute approximate surface area is 112 Å². The van der Waals surface area contributed by atoms with Gasteiger partial charge in [-0.15, -0.1) is 0 Å². The lowest BCUT2D eigenvalue weighted by atomic mass is 9.78. The molecule has 17 heavy (non-hydrogen) atoms.